The number of hydrogen-bond acceptors (Lipinski definition) is 5. The first kappa shape index (κ1) is 26.8. The van der Waals surface area contributed by atoms with Gasteiger partial charge in [-0.2, -0.15) is 0 Å². The molecule has 3 aromatic rings. The van der Waals surface area contributed by atoms with Crippen LogP contribution in [0, 0.1) is 6.92 Å². The fraction of sp³-hybridized carbons (Fsp3) is 0.367. The number of ether oxygens (including phenoxy) is 1. The molecule has 1 aliphatic rings. The van der Waals surface area contributed by atoms with E-state index in [0.717, 1.165) is 58.9 Å². The van der Waals surface area contributed by atoms with Crippen LogP contribution in [0.25, 0.3) is 0 Å². The van der Waals surface area contributed by atoms with E-state index in [1.807, 2.05) is 43.3 Å². The molecule has 1 atom stereocenters. The fourth-order valence-corrected chi connectivity index (χ4v) is 5.43. The molecular weight excluding hydrogens is 486 g/mol. The lowest BCUT2D eigenvalue weighted by Gasteiger charge is -2.30. The molecule has 6 nitrogen and oxygen atoms in total. The van der Waals surface area contributed by atoms with Gasteiger partial charge in [0, 0.05) is 37.7 Å². The van der Waals surface area contributed by atoms with Gasteiger partial charge in [-0.15, -0.1) is 0 Å². The zero-order chi connectivity index (χ0) is 26.7. The molecule has 0 spiro atoms. The minimum Gasteiger partial charge on any atom is -0.486 e. The number of nitrogen functional groups attached to an aromatic ring is 1. The van der Waals surface area contributed by atoms with Crippen LogP contribution in [0.4, 0.5) is 11.4 Å². The van der Waals surface area contributed by atoms with Gasteiger partial charge in [-0.1, -0.05) is 54.1 Å². The summed E-state index contributed by atoms with van der Waals surface area (Å²) in [5.74, 6) is -0.386. The van der Waals surface area contributed by atoms with Crippen LogP contribution in [0.5, 0.6) is 5.75 Å². The second-order valence-electron chi connectivity index (χ2n) is 10.4. The van der Waals surface area contributed by atoms with Crippen LogP contribution < -0.4 is 15.8 Å². The normalized spacial score (nSPS) is 15.8. The first-order chi connectivity index (χ1) is 17.6. The number of anilines is 2. The number of carboxylic acid groups (broad SMARTS) is 1. The number of rotatable bonds is 8. The summed E-state index contributed by atoms with van der Waals surface area (Å²) in [5.41, 5.74) is 12.3. The number of halogens is 1. The molecular formula is C30H36ClN3O3. The Morgan fingerprint density at radius 3 is 2.70 bits per heavy atom. The predicted molar refractivity (Wildman–Crippen MR) is 151 cm³/mol. The monoisotopic (exact) mass is 521 g/mol. The number of hydrogen-bond donors (Lipinski definition) is 3. The van der Waals surface area contributed by atoms with Gasteiger partial charge < -0.3 is 20.9 Å². The van der Waals surface area contributed by atoms with Crippen molar-refractivity contribution in [3.63, 3.8) is 0 Å². The molecule has 0 bridgehead atoms. The molecule has 3 aromatic carbocycles. The molecule has 4 N–H and O–H groups in total. The standard InChI is InChI=1S/C30H36ClN3O3/c1-5-33-25-13-12-23(28(31)29(25)32)24(15-27(35)36)20-11-10-19(2)22(14-20)17-34-16-21-8-6-7-9-26(21)37-30(3,4)18-34/h6-14,24,33H,5,15-18,32H2,1-4H3,(H,35,36). The summed E-state index contributed by atoms with van der Waals surface area (Å²) < 4.78 is 6.32. The molecule has 0 fully saturated rings. The van der Waals surface area contributed by atoms with Crippen molar-refractivity contribution in [1.29, 1.82) is 0 Å². The number of aliphatic carboxylic acids is 1. The van der Waals surface area contributed by atoms with Crippen molar-refractivity contribution in [2.45, 2.75) is 58.7 Å². The van der Waals surface area contributed by atoms with Gasteiger partial charge in [-0.25, -0.2) is 0 Å². The minimum atomic E-state index is -0.888. The molecule has 0 aromatic heterocycles. The Morgan fingerprint density at radius 2 is 1.97 bits per heavy atom. The maximum atomic E-state index is 11.9. The molecule has 4 rings (SSSR count). The van der Waals surface area contributed by atoms with Gasteiger partial charge in [-0.05, 0) is 62.1 Å². The summed E-state index contributed by atoms with van der Waals surface area (Å²) in [6, 6.07) is 18.1. The maximum absolute atomic E-state index is 11.9. The van der Waals surface area contributed by atoms with Crippen LogP contribution in [0.3, 0.4) is 0 Å². The van der Waals surface area contributed by atoms with E-state index in [9.17, 15) is 9.90 Å². The van der Waals surface area contributed by atoms with Gasteiger partial charge in [0.15, 0.2) is 0 Å². The number of nitrogens with one attached hydrogen (secondary N) is 1. The van der Waals surface area contributed by atoms with E-state index in [0.29, 0.717) is 17.3 Å². The van der Waals surface area contributed by atoms with Crippen molar-refractivity contribution in [2.24, 2.45) is 0 Å². The SMILES string of the molecule is CCNc1ccc(C(CC(=O)O)c2ccc(C)c(CN3Cc4ccccc4OC(C)(C)C3)c2)c(Cl)c1N. The van der Waals surface area contributed by atoms with Crippen LogP contribution in [-0.2, 0) is 17.9 Å². The van der Waals surface area contributed by atoms with Gasteiger partial charge in [0.05, 0.1) is 22.8 Å². The molecule has 0 amide bonds. The van der Waals surface area contributed by atoms with Crippen molar-refractivity contribution in [2.75, 3.05) is 24.1 Å². The second kappa shape index (κ2) is 11.0. The van der Waals surface area contributed by atoms with Crippen LogP contribution in [0.1, 0.15) is 60.9 Å². The van der Waals surface area contributed by atoms with E-state index in [1.54, 1.807) is 0 Å². The molecule has 0 saturated heterocycles. The summed E-state index contributed by atoms with van der Waals surface area (Å²) in [6.07, 6.45) is -0.0832. The molecule has 196 valence electrons. The van der Waals surface area contributed by atoms with Crippen molar-refractivity contribution in [3.8, 4) is 5.75 Å². The highest BCUT2D eigenvalue weighted by atomic mass is 35.5. The lowest BCUT2D eigenvalue weighted by Crippen LogP contribution is -2.40. The van der Waals surface area contributed by atoms with E-state index in [4.69, 9.17) is 22.1 Å². The molecule has 0 aliphatic carbocycles. The van der Waals surface area contributed by atoms with E-state index in [-0.39, 0.29) is 12.0 Å². The molecule has 0 radical (unpaired) electrons. The van der Waals surface area contributed by atoms with Gasteiger partial charge in [0.25, 0.3) is 0 Å². The van der Waals surface area contributed by atoms with Crippen molar-refractivity contribution in [1.82, 2.24) is 4.90 Å². The Labute approximate surface area is 224 Å². The Hall–Kier alpha value is -3.22. The number of benzene rings is 3. The van der Waals surface area contributed by atoms with Gasteiger partial charge in [0.1, 0.15) is 11.4 Å². The summed E-state index contributed by atoms with van der Waals surface area (Å²) in [6.45, 7) is 11.3. The topological polar surface area (TPSA) is 87.8 Å². The molecule has 1 aliphatic heterocycles. The van der Waals surface area contributed by atoms with E-state index < -0.39 is 11.9 Å². The summed E-state index contributed by atoms with van der Waals surface area (Å²) in [4.78, 5) is 14.3. The average Bonchev–Trinajstić information content (AvgIpc) is 2.96. The Morgan fingerprint density at radius 1 is 1.22 bits per heavy atom. The number of fused-ring (bicyclic) bond motifs is 1. The van der Waals surface area contributed by atoms with Crippen LogP contribution >= 0.6 is 11.6 Å². The first-order valence-electron chi connectivity index (χ1n) is 12.7. The lowest BCUT2D eigenvalue weighted by atomic mass is 9.86. The minimum absolute atomic E-state index is 0.0832. The smallest absolute Gasteiger partial charge is 0.304 e. The lowest BCUT2D eigenvalue weighted by molar-refractivity contribution is -0.137. The number of carbonyl (C=O) groups is 1. The van der Waals surface area contributed by atoms with Gasteiger partial charge in [-0.3, -0.25) is 9.69 Å². The number of nitrogens with two attached hydrogens (primary N) is 1. The maximum Gasteiger partial charge on any atom is 0.304 e. The van der Waals surface area contributed by atoms with Crippen molar-refractivity contribution in [3.05, 3.63) is 87.4 Å². The highest BCUT2D eigenvalue weighted by Gasteiger charge is 2.29. The third kappa shape index (κ3) is 6.20. The quantitative estimate of drug-likeness (QED) is 0.295. The largest absolute Gasteiger partial charge is 0.486 e. The van der Waals surface area contributed by atoms with Crippen molar-refractivity contribution >= 4 is 28.9 Å². The zero-order valence-electron chi connectivity index (χ0n) is 22.0. The highest BCUT2D eigenvalue weighted by molar-refractivity contribution is 6.34. The van der Waals surface area contributed by atoms with Gasteiger partial charge in [0.2, 0.25) is 0 Å². The Kier molecular flexibility index (Phi) is 8.00. The number of carboxylic acids is 1. The van der Waals surface area contributed by atoms with Crippen LogP contribution in [-0.4, -0.2) is 34.7 Å². The highest BCUT2D eigenvalue weighted by Crippen LogP contribution is 2.40. The predicted octanol–water partition coefficient (Wildman–Crippen LogP) is 6.44. The third-order valence-electron chi connectivity index (χ3n) is 6.86. The molecule has 37 heavy (non-hydrogen) atoms. The summed E-state index contributed by atoms with van der Waals surface area (Å²) in [5, 5.41) is 13.4. The molecule has 1 heterocycles. The second-order valence-corrected chi connectivity index (χ2v) is 10.8. The van der Waals surface area contributed by atoms with E-state index in [2.05, 4.69) is 49.2 Å². The van der Waals surface area contributed by atoms with Crippen molar-refractivity contribution < 1.29 is 14.6 Å². The molecule has 7 heteroatoms. The number of aryl methyl sites for hydroxylation is 1. The molecule has 1 unspecified atom stereocenters. The zero-order valence-corrected chi connectivity index (χ0v) is 22.7. The van der Waals surface area contributed by atoms with Gasteiger partial charge >= 0.3 is 5.97 Å². The Balaban J connectivity index is 1.69. The summed E-state index contributed by atoms with van der Waals surface area (Å²) >= 11 is 6.71. The fourth-order valence-electron chi connectivity index (χ4n) is 5.14. The molecule has 0 saturated carbocycles. The first-order valence-corrected chi connectivity index (χ1v) is 13.1. The van der Waals surface area contributed by atoms with E-state index in [1.165, 1.54) is 0 Å². The number of nitrogens with zero attached hydrogens (tertiary/aromatic N) is 1. The van der Waals surface area contributed by atoms with Crippen LogP contribution in [0.15, 0.2) is 54.6 Å². The van der Waals surface area contributed by atoms with E-state index >= 15 is 0 Å². The Bertz CT molecular complexity index is 1290. The van der Waals surface area contributed by atoms with Crippen LogP contribution in [0.2, 0.25) is 5.02 Å². The number of para-hydroxylation sites is 1. The summed E-state index contributed by atoms with van der Waals surface area (Å²) in [7, 11) is 0. The third-order valence-corrected chi connectivity index (χ3v) is 7.28. The average molecular weight is 522 g/mol.